The highest BCUT2D eigenvalue weighted by Crippen LogP contribution is 2.54. The average Bonchev–Trinajstić information content (AvgIpc) is 3.19. The molecule has 5 heteroatoms. The molecule has 0 spiro atoms. The molecule has 2 fully saturated rings. The summed E-state index contributed by atoms with van der Waals surface area (Å²) in [5.41, 5.74) is 1.52. The largest absolute Gasteiger partial charge is 0.481 e. The molecule has 1 N–H and O–H groups in total. The van der Waals surface area contributed by atoms with E-state index in [9.17, 15) is 9.18 Å². The molecule has 1 saturated carbocycles. The van der Waals surface area contributed by atoms with Crippen molar-refractivity contribution in [1.82, 2.24) is 0 Å². The Morgan fingerprint density at radius 2 is 2.05 bits per heavy atom. The van der Waals surface area contributed by atoms with Crippen LogP contribution >= 0.6 is 0 Å². The van der Waals surface area contributed by atoms with Gasteiger partial charge in [0.15, 0.2) is 0 Å². The third-order valence-electron chi connectivity index (χ3n) is 4.23. The fraction of sp³-hybridized carbons (Fsp3) is 0.533. The monoisotopic (exact) mass is 279 g/mol. The summed E-state index contributed by atoms with van der Waals surface area (Å²) in [7, 11) is 0. The predicted octanol–water partition coefficient (Wildman–Crippen LogP) is 2.17. The highest BCUT2D eigenvalue weighted by atomic mass is 19.1. The molecule has 0 atom stereocenters. The van der Waals surface area contributed by atoms with E-state index in [0.717, 1.165) is 37.2 Å². The molecule has 20 heavy (non-hydrogen) atoms. The van der Waals surface area contributed by atoms with Gasteiger partial charge in [0.05, 0.1) is 19.6 Å². The lowest BCUT2D eigenvalue weighted by Gasteiger charge is -2.32. The van der Waals surface area contributed by atoms with Crippen LogP contribution in [0.4, 0.5) is 10.1 Å². The maximum Gasteiger partial charge on any atom is 0.304 e. The van der Waals surface area contributed by atoms with Crippen molar-refractivity contribution in [3.05, 3.63) is 29.6 Å². The lowest BCUT2D eigenvalue weighted by atomic mass is 9.90. The van der Waals surface area contributed by atoms with Crippen LogP contribution in [-0.2, 0) is 14.9 Å². The van der Waals surface area contributed by atoms with Crippen molar-refractivity contribution < 1.29 is 19.0 Å². The highest BCUT2D eigenvalue weighted by Gasteiger charge is 2.47. The fourth-order valence-corrected chi connectivity index (χ4v) is 3.00. The zero-order valence-electron chi connectivity index (χ0n) is 11.3. The van der Waals surface area contributed by atoms with E-state index >= 15 is 0 Å². The molecular formula is C15H18FNO3. The van der Waals surface area contributed by atoms with E-state index < -0.39 is 5.97 Å². The number of hydrogen-bond acceptors (Lipinski definition) is 3. The zero-order chi connectivity index (χ0) is 14.2. The van der Waals surface area contributed by atoms with Crippen LogP contribution in [0.15, 0.2) is 18.2 Å². The molecule has 1 heterocycles. The Balaban J connectivity index is 1.96. The summed E-state index contributed by atoms with van der Waals surface area (Å²) in [5.74, 6) is -1.07. The Morgan fingerprint density at radius 1 is 1.35 bits per heavy atom. The standard InChI is InChI=1S/C15H18FNO3/c16-11-1-2-12(15(3-4-15)10-14(18)19)13(9-11)17-5-7-20-8-6-17/h1-2,9H,3-8,10H2,(H,18,19). The molecule has 0 amide bonds. The number of ether oxygens (including phenoxy) is 1. The molecule has 1 saturated heterocycles. The Morgan fingerprint density at radius 3 is 2.65 bits per heavy atom. The summed E-state index contributed by atoms with van der Waals surface area (Å²) in [6.45, 7) is 2.70. The number of aliphatic carboxylic acids is 1. The molecular weight excluding hydrogens is 261 g/mol. The van der Waals surface area contributed by atoms with Gasteiger partial charge in [-0.3, -0.25) is 4.79 Å². The molecule has 1 aromatic rings. The van der Waals surface area contributed by atoms with Crippen molar-refractivity contribution in [2.75, 3.05) is 31.2 Å². The topological polar surface area (TPSA) is 49.8 Å². The van der Waals surface area contributed by atoms with Gasteiger partial charge in [0.25, 0.3) is 0 Å². The number of anilines is 1. The van der Waals surface area contributed by atoms with Gasteiger partial charge < -0.3 is 14.7 Å². The minimum Gasteiger partial charge on any atom is -0.481 e. The number of halogens is 1. The van der Waals surface area contributed by atoms with Crippen molar-refractivity contribution in [2.45, 2.75) is 24.7 Å². The third-order valence-corrected chi connectivity index (χ3v) is 4.23. The molecule has 108 valence electrons. The maximum atomic E-state index is 13.6. The summed E-state index contributed by atoms with van der Waals surface area (Å²) in [5, 5.41) is 9.10. The quantitative estimate of drug-likeness (QED) is 0.917. The molecule has 0 bridgehead atoms. The van der Waals surface area contributed by atoms with Crippen molar-refractivity contribution >= 4 is 11.7 Å². The fourth-order valence-electron chi connectivity index (χ4n) is 3.00. The van der Waals surface area contributed by atoms with Crippen LogP contribution in [0, 0.1) is 5.82 Å². The van der Waals surface area contributed by atoms with Gasteiger partial charge in [0.1, 0.15) is 5.82 Å². The zero-order valence-corrected chi connectivity index (χ0v) is 11.3. The summed E-state index contributed by atoms with van der Waals surface area (Å²) < 4.78 is 18.9. The highest BCUT2D eigenvalue weighted by molar-refractivity contribution is 5.72. The first kappa shape index (κ1) is 13.4. The third kappa shape index (κ3) is 2.50. The first-order chi connectivity index (χ1) is 9.61. The van der Waals surface area contributed by atoms with E-state index in [-0.39, 0.29) is 17.7 Å². The minimum atomic E-state index is -0.792. The molecule has 3 rings (SSSR count). The van der Waals surface area contributed by atoms with Gasteiger partial charge in [0, 0.05) is 24.2 Å². The number of rotatable bonds is 4. The first-order valence-electron chi connectivity index (χ1n) is 6.95. The maximum absolute atomic E-state index is 13.6. The Bertz CT molecular complexity index is 522. The Labute approximate surface area is 117 Å². The van der Waals surface area contributed by atoms with Crippen molar-refractivity contribution in [1.29, 1.82) is 0 Å². The molecule has 1 aliphatic carbocycles. The summed E-state index contributed by atoms with van der Waals surface area (Å²) >= 11 is 0. The number of carboxylic acids is 1. The Hall–Kier alpha value is -1.62. The number of hydrogen-bond donors (Lipinski definition) is 1. The molecule has 4 nitrogen and oxygen atoms in total. The number of nitrogens with zero attached hydrogens (tertiary/aromatic N) is 1. The number of benzene rings is 1. The van der Waals surface area contributed by atoms with Crippen LogP contribution < -0.4 is 4.90 Å². The number of carbonyl (C=O) groups is 1. The lowest BCUT2D eigenvalue weighted by molar-refractivity contribution is -0.137. The van der Waals surface area contributed by atoms with Crippen LogP contribution in [0.25, 0.3) is 0 Å². The minimum absolute atomic E-state index is 0.121. The molecule has 2 aliphatic rings. The SMILES string of the molecule is O=C(O)CC1(c2ccc(F)cc2N2CCOCC2)CC1. The van der Waals surface area contributed by atoms with Gasteiger partial charge in [-0.2, -0.15) is 0 Å². The van der Waals surface area contributed by atoms with Crippen LogP contribution in [-0.4, -0.2) is 37.4 Å². The Kier molecular flexibility index (Phi) is 3.38. The van der Waals surface area contributed by atoms with Crippen LogP contribution in [0.1, 0.15) is 24.8 Å². The van der Waals surface area contributed by atoms with E-state index in [0.29, 0.717) is 13.2 Å². The van der Waals surface area contributed by atoms with Gasteiger partial charge in [-0.05, 0) is 30.5 Å². The van der Waals surface area contributed by atoms with E-state index in [1.807, 2.05) is 0 Å². The summed E-state index contributed by atoms with van der Waals surface area (Å²) in [6, 6.07) is 4.72. The summed E-state index contributed by atoms with van der Waals surface area (Å²) in [6.07, 6.45) is 1.85. The predicted molar refractivity (Wildman–Crippen MR) is 72.6 cm³/mol. The molecule has 0 radical (unpaired) electrons. The smallest absolute Gasteiger partial charge is 0.304 e. The lowest BCUT2D eigenvalue weighted by Crippen LogP contribution is -2.37. The van der Waals surface area contributed by atoms with E-state index in [4.69, 9.17) is 9.84 Å². The van der Waals surface area contributed by atoms with E-state index in [1.54, 1.807) is 6.07 Å². The van der Waals surface area contributed by atoms with E-state index in [2.05, 4.69) is 4.90 Å². The summed E-state index contributed by atoms with van der Waals surface area (Å²) in [4.78, 5) is 13.2. The first-order valence-corrected chi connectivity index (χ1v) is 6.95. The van der Waals surface area contributed by atoms with Crippen molar-refractivity contribution in [2.24, 2.45) is 0 Å². The van der Waals surface area contributed by atoms with Crippen LogP contribution in [0.3, 0.4) is 0 Å². The molecule has 1 aliphatic heterocycles. The molecule has 0 aromatic heterocycles. The number of carboxylic acid groups (broad SMARTS) is 1. The molecule has 0 unspecified atom stereocenters. The second kappa shape index (κ2) is 5.05. The second-order valence-electron chi connectivity index (χ2n) is 5.61. The van der Waals surface area contributed by atoms with E-state index in [1.165, 1.54) is 12.1 Å². The number of morpholine rings is 1. The van der Waals surface area contributed by atoms with Gasteiger partial charge in [-0.15, -0.1) is 0 Å². The van der Waals surface area contributed by atoms with Gasteiger partial charge in [-0.25, -0.2) is 4.39 Å². The van der Waals surface area contributed by atoms with Crippen molar-refractivity contribution in [3.8, 4) is 0 Å². The van der Waals surface area contributed by atoms with Crippen LogP contribution in [0.2, 0.25) is 0 Å². The van der Waals surface area contributed by atoms with Crippen LogP contribution in [0.5, 0.6) is 0 Å². The normalized spacial score (nSPS) is 20.8. The molecule has 1 aromatic carbocycles. The van der Waals surface area contributed by atoms with Gasteiger partial charge in [0.2, 0.25) is 0 Å². The van der Waals surface area contributed by atoms with Gasteiger partial charge in [-0.1, -0.05) is 6.07 Å². The average molecular weight is 279 g/mol. The van der Waals surface area contributed by atoms with Gasteiger partial charge >= 0.3 is 5.97 Å². The van der Waals surface area contributed by atoms with Crippen molar-refractivity contribution in [3.63, 3.8) is 0 Å². The second-order valence-corrected chi connectivity index (χ2v) is 5.61.